The molecule has 1 rings (SSSR count). The van der Waals surface area contributed by atoms with E-state index in [1.54, 1.807) is 6.92 Å². The number of nitrogens with zero attached hydrogens (tertiary/aromatic N) is 2. The van der Waals surface area contributed by atoms with E-state index >= 15 is 0 Å². The monoisotopic (exact) mass is 209 g/mol. The van der Waals surface area contributed by atoms with Gasteiger partial charge < -0.3 is 16.8 Å². The minimum Gasteiger partial charge on any atom is -0.393 e. The fourth-order valence-electron chi connectivity index (χ4n) is 1.40. The van der Waals surface area contributed by atoms with Gasteiger partial charge in [0, 0.05) is 6.04 Å². The number of nitrogen functional groups attached to an aromatic ring is 2. The van der Waals surface area contributed by atoms with Crippen LogP contribution >= 0.6 is 0 Å². The van der Waals surface area contributed by atoms with E-state index in [4.69, 9.17) is 11.5 Å². The second-order valence-corrected chi connectivity index (χ2v) is 3.58. The molecule has 5 heteroatoms. The van der Waals surface area contributed by atoms with Crippen molar-refractivity contribution in [2.24, 2.45) is 0 Å². The first-order valence-electron chi connectivity index (χ1n) is 5.24. The van der Waals surface area contributed by atoms with Crippen molar-refractivity contribution in [2.45, 2.75) is 39.7 Å². The van der Waals surface area contributed by atoms with Gasteiger partial charge in [0.25, 0.3) is 0 Å². The minimum absolute atomic E-state index is 0.343. The van der Waals surface area contributed by atoms with Gasteiger partial charge in [0.15, 0.2) is 11.6 Å². The lowest BCUT2D eigenvalue weighted by atomic mass is 10.2. The van der Waals surface area contributed by atoms with Crippen LogP contribution in [0.5, 0.6) is 0 Å². The molecule has 0 bridgehead atoms. The van der Waals surface area contributed by atoms with Gasteiger partial charge in [-0.25, -0.2) is 9.97 Å². The van der Waals surface area contributed by atoms with Gasteiger partial charge in [0.2, 0.25) is 0 Å². The van der Waals surface area contributed by atoms with Gasteiger partial charge in [-0.05, 0) is 19.8 Å². The first kappa shape index (κ1) is 11.6. The first-order valence-corrected chi connectivity index (χ1v) is 5.24. The summed E-state index contributed by atoms with van der Waals surface area (Å²) in [6.07, 6.45) is 2.05. The van der Waals surface area contributed by atoms with E-state index in [0.29, 0.717) is 29.2 Å². The van der Waals surface area contributed by atoms with E-state index in [1.165, 1.54) is 0 Å². The van der Waals surface area contributed by atoms with Crippen molar-refractivity contribution in [3.63, 3.8) is 0 Å². The molecular weight excluding hydrogens is 190 g/mol. The maximum absolute atomic E-state index is 5.80. The molecule has 0 saturated carbocycles. The smallest absolute Gasteiger partial charge is 0.155 e. The van der Waals surface area contributed by atoms with Crippen molar-refractivity contribution in [1.29, 1.82) is 0 Å². The molecule has 0 radical (unpaired) electrons. The highest BCUT2D eigenvalue weighted by atomic mass is 15.1. The molecule has 0 aromatic carbocycles. The Labute approximate surface area is 90.3 Å². The lowest BCUT2D eigenvalue weighted by Crippen LogP contribution is -2.20. The number of nitrogens with two attached hydrogens (primary N) is 2. The molecule has 15 heavy (non-hydrogen) atoms. The van der Waals surface area contributed by atoms with Gasteiger partial charge in [-0.2, -0.15) is 0 Å². The summed E-state index contributed by atoms with van der Waals surface area (Å²) in [5.74, 6) is 1.62. The molecule has 5 N–H and O–H groups in total. The van der Waals surface area contributed by atoms with Crippen LogP contribution in [-0.4, -0.2) is 16.0 Å². The summed E-state index contributed by atoms with van der Waals surface area (Å²) in [6, 6.07) is 0.376. The number of nitrogens with one attached hydrogen (secondary N) is 1. The van der Waals surface area contributed by atoms with Crippen LogP contribution in [0, 0.1) is 6.92 Å². The van der Waals surface area contributed by atoms with E-state index in [9.17, 15) is 0 Å². The van der Waals surface area contributed by atoms with Crippen LogP contribution in [0.1, 0.15) is 32.5 Å². The van der Waals surface area contributed by atoms with Crippen LogP contribution < -0.4 is 16.8 Å². The summed E-state index contributed by atoms with van der Waals surface area (Å²) in [4.78, 5) is 8.24. The van der Waals surface area contributed by atoms with Gasteiger partial charge in [0.05, 0.1) is 0 Å². The molecule has 0 spiro atoms. The second-order valence-electron chi connectivity index (χ2n) is 3.58. The van der Waals surface area contributed by atoms with E-state index in [2.05, 4.69) is 29.1 Å². The summed E-state index contributed by atoms with van der Waals surface area (Å²) in [5, 5.41) is 3.27. The number of anilines is 3. The molecule has 0 aliphatic carbocycles. The molecule has 0 amide bonds. The highest BCUT2D eigenvalue weighted by Gasteiger charge is 2.10. The van der Waals surface area contributed by atoms with Crippen LogP contribution in [0.2, 0.25) is 0 Å². The summed E-state index contributed by atoms with van der Waals surface area (Å²) in [6.45, 7) is 6.04. The van der Waals surface area contributed by atoms with Crippen LogP contribution in [0.4, 0.5) is 17.3 Å². The van der Waals surface area contributed by atoms with Crippen LogP contribution in [-0.2, 0) is 0 Å². The van der Waals surface area contributed by atoms with Gasteiger partial charge in [-0.15, -0.1) is 0 Å². The highest BCUT2D eigenvalue weighted by Crippen LogP contribution is 2.22. The summed E-state index contributed by atoms with van der Waals surface area (Å²) in [7, 11) is 0. The maximum Gasteiger partial charge on any atom is 0.155 e. The maximum atomic E-state index is 5.80. The van der Waals surface area contributed by atoms with Crippen molar-refractivity contribution in [1.82, 2.24) is 9.97 Å². The summed E-state index contributed by atoms with van der Waals surface area (Å²) >= 11 is 0. The molecule has 0 fully saturated rings. The number of hydrogen-bond donors (Lipinski definition) is 3. The minimum atomic E-state index is 0.343. The molecular formula is C10H19N5. The Hall–Kier alpha value is -1.52. The molecule has 0 saturated heterocycles. The van der Waals surface area contributed by atoms with E-state index in [-0.39, 0.29) is 0 Å². The topological polar surface area (TPSA) is 89.8 Å². The van der Waals surface area contributed by atoms with Crippen LogP contribution in [0.15, 0.2) is 0 Å². The van der Waals surface area contributed by atoms with Crippen molar-refractivity contribution in [3.05, 3.63) is 5.82 Å². The zero-order valence-corrected chi connectivity index (χ0v) is 9.54. The fourth-order valence-corrected chi connectivity index (χ4v) is 1.40. The largest absolute Gasteiger partial charge is 0.393 e. The van der Waals surface area contributed by atoms with E-state index in [1.807, 2.05) is 0 Å². The van der Waals surface area contributed by atoms with Gasteiger partial charge >= 0.3 is 0 Å². The molecule has 0 atom stereocenters. The molecule has 5 nitrogen and oxygen atoms in total. The molecule has 84 valence electrons. The van der Waals surface area contributed by atoms with Gasteiger partial charge in [-0.1, -0.05) is 13.8 Å². The predicted molar refractivity (Wildman–Crippen MR) is 63.6 cm³/mol. The molecule has 0 aliphatic rings. The Morgan fingerprint density at radius 2 is 1.80 bits per heavy atom. The zero-order valence-electron chi connectivity index (χ0n) is 9.54. The number of aryl methyl sites for hydroxylation is 1. The normalized spacial score (nSPS) is 10.7. The van der Waals surface area contributed by atoms with Crippen molar-refractivity contribution >= 4 is 17.3 Å². The Balaban J connectivity index is 2.93. The Kier molecular flexibility index (Phi) is 3.71. The average Bonchev–Trinajstić information content (AvgIpc) is 2.21. The van der Waals surface area contributed by atoms with E-state index < -0.39 is 0 Å². The van der Waals surface area contributed by atoms with E-state index in [0.717, 1.165) is 12.8 Å². The molecule has 1 heterocycles. The fraction of sp³-hybridized carbons (Fsp3) is 0.600. The lowest BCUT2D eigenvalue weighted by molar-refractivity contribution is 0.668. The quantitative estimate of drug-likeness (QED) is 0.700. The number of aromatic nitrogens is 2. The van der Waals surface area contributed by atoms with Crippen molar-refractivity contribution in [3.8, 4) is 0 Å². The van der Waals surface area contributed by atoms with Crippen molar-refractivity contribution in [2.75, 3.05) is 16.8 Å². The third-order valence-electron chi connectivity index (χ3n) is 2.41. The van der Waals surface area contributed by atoms with Gasteiger partial charge in [0.1, 0.15) is 11.5 Å². The third-order valence-corrected chi connectivity index (χ3v) is 2.41. The summed E-state index contributed by atoms with van der Waals surface area (Å²) in [5.41, 5.74) is 11.9. The SMILES string of the molecule is CCC(CC)Nc1nc(C)nc(N)c1N. The Morgan fingerprint density at radius 3 is 2.33 bits per heavy atom. The molecule has 1 aromatic heterocycles. The summed E-state index contributed by atoms with van der Waals surface area (Å²) < 4.78 is 0. The van der Waals surface area contributed by atoms with Gasteiger partial charge in [-0.3, -0.25) is 0 Å². The lowest BCUT2D eigenvalue weighted by Gasteiger charge is -2.17. The average molecular weight is 209 g/mol. The molecule has 0 unspecified atom stereocenters. The molecule has 1 aromatic rings. The first-order chi connectivity index (χ1) is 7.08. The van der Waals surface area contributed by atoms with Crippen molar-refractivity contribution < 1.29 is 0 Å². The highest BCUT2D eigenvalue weighted by molar-refractivity contribution is 5.72. The number of hydrogen-bond acceptors (Lipinski definition) is 5. The third kappa shape index (κ3) is 2.71. The molecule has 0 aliphatic heterocycles. The Bertz CT molecular complexity index is 333. The van der Waals surface area contributed by atoms with Crippen LogP contribution in [0.3, 0.4) is 0 Å². The predicted octanol–water partition coefficient (Wildman–Crippen LogP) is 1.55. The number of rotatable bonds is 4. The van der Waals surface area contributed by atoms with Crippen LogP contribution in [0.25, 0.3) is 0 Å². The Morgan fingerprint density at radius 1 is 1.20 bits per heavy atom. The second kappa shape index (κ2) is 4.82. The zero-order chi connectivity index (χ0) is 11.4. The standard InChI is InChI=1S/C10H19N5/c1-4-7(5-2)15-10-8(11)9(12)13-6(3)14-10/h7H,4-5,11H2,1-3H3,(H3,12,13,14,15).